The third-order valence-corrected chi connectivity index (χ3v) is 1.23. The van der Waals surface area contributed by atoms with Crippen molar-refractivity contribution in [2.45, 2.75) is 6.00 Å². The first-order valence-corrected chi connectivity index (χ1v) is 3.10. The van der Waals surface area contributed by atoms with Crippen LogP contribution in [0.4, 0.5) is 0 Å². The van der Waals surface area contributed by atoms with Crippen molar-refractivity contribution < 1.29 is 9.90 Å². The number of carbonyl (C=O) groups is 1. The van der Waals surface area contributed by atoms with Crippen LogP contribution in [0, 0.1) is 0 Å². The highest BCUT2D eigenvalue weighted by Gasteiger charge is 2.04. The van der Waals surface area contributed by atoms with E-state index < -0.39 is 5.97 Å². The van der Waals surface area contributed by atoms with Crippen LogP contribution in [-0.4, -0.2) is 20.9 Å². The molecule has 10 heavy (non-hydrogen) atoms. The van der Waals surface area contributed by atoms with E-state index in [9.17, 15) is 4.79 Å². The summed E-state index contributed by atoms with van der Waals surface area (Å²) in [4.78, 5) is 10.2. The zero-order valence-corrected chi connectivity index (χ0v) is 5.75. The molecular formula is C5H5ClN2O2. The van der Waals surface area contributed by atoms with Crippen LogP contribution in [0.15, 0.2) is 12.3 Å². The van der Waals surface area contributed by atoms with Crippen molar-refractivity contribution in [3.63, 3.8) is 0 Å². The van der Waals surface area contributed by atoms with Crippen molar-refractivity contribution in [3.8, 4) is 0 Å². The Hall–Kier alpha value is -1.03. The Morgan fingerprint density at radius 3 is 2.90 bits per heavy atom. The summed E-state index contributed by atoms with van der Waals surface area (Å²) in [7, 11) is 0. The minimum absolute atomic E-state index is 0.0145. The number of alkyl halides is 1. The zero-order valence-electron chi connectivity index (χ0n) is 4.99. The highest BCUT2D eigenvalue weighted by molar-refractivity contribution is 6.15. The molecule has 1 aromatic heterocycles. The Morgan fingerprint density at radius 2 is 2.60 bits per heavy atom. The van der Waals surface area contributed by atoms with Gasteiger partial charge < -0.3 is 5.11 Å². The molecule has 0 aliphatic rings. The fourth-order valence-electron chi connectivity index (χ4n) is 0.542. The second-order valence-corrected chi connectivity index (χ2v) is 1.90. The smallest absolute Gasteiger partial charge is 0.356 e. The van der Waals surface area contributed by atoms with Gasteiger partial charge in [-0.05, 0) is 6.07 Å². The molecule has 0 aliphatic carbocycles. The summed E-state index contributed by atoms with van der Waals surface area (Å²) in [6, 6.07) is 1.57. The van der Waals surface area contributed by atoms with Crippen LogP contribution in [0.5, 0.6) is 0 Å². The van der Waals surface area contributed by atoms with Gasteiger partial charge in [-0.2, -0.15) is 5.10 Å². The Morgan fingerprint density at radius 1 is 1.90 bits per heavy atom. The third-order valence-electron chi connectivity index (χ3n) is 0.982. The fourth-order valence-corrected chi connectivity index (χ4v) is 0.675. The van der Waals surface area contributed by atoms with E-state index in [4.69, 9.17) is 16.7 Å². The van der Waals surface area contributed by atoms with E-state index in [0.29, 0.717) is 0 Å². The van der Waals surface area contributed by atoms with Crippen molar-refractivity contribution in [2.75, 3.05) is 0 Å². The van der Waals surface area contributed by atoms with Gasteiger partial charge in [0.05, 0.1) is 0 Å². The number of hydrogen-bond acceptors (Lipinski definition) is 2. The van der Waals surface area contributed by atoms with Gasteiger partial charge in [-0.1, -0.05) is 0 Å². The first-order chi connectivity index (χ1) is 4.74. The second-order valence-electron chi connectivity index (χ2n) is 1.67. The summed E-state index contributed by atoms with van der Waals surface area (Å²) >= 11 is 5.35. The number of rotatable bonds is 2. The van der Waals surface area contributed by atoms with Crippen LogP contribution < -0.4 is 0 Å². The molecule has 1 aromatic rings. The van der Waals surface area contributed by atoms with Crippen molar-refractivity contribution in [1.29, 1.82) is 0 Å². The number of aromatic carboxylic acids is 1. The van der Waals surface area contributed by atoms with Crippen LogP contribution in [0.25, 0.3) is 0 Å². The standard InChI is InChI=1S/C5H5ClN2O2/c6-3-8-2-1-4(7-8)5(9)10/h1-2H,3H2,(H,9,10). The topological polar surface area (TPSA) is 55.1 Å². The van der Waals surface area contributed by atoms with Crippen LogP contribution in [0.3, 0.4) is 0 Å². The first-order valence-electron chi connectivity index (χ1n) is 2.57. The van der Waals surface area contributed by atoms with Gasteiger partial charge in [0, 0.05) is 6.20 Å². The maximum absolute atomic E-state index is 10.2. The van der Waals surface area contributed by atoms with Crippen molar-refractivity contribution >= 4 is 17.6 Å². The highest BCUT2D eigenvalue weighted by Crippen LogP contribution is 1.95. The van der Waals surface area contributed by atoms with Crippen LogP contribution in [0.2, 0.25) is 0 Å². The van der Waals surface area contributed by atoms with Gasteiger partial charge >= 0.3 is 5.97 Å². The van der Waals surface area contributed by atoms with E-state index in [1.807, 2.05) is 0 Å². The van der Waals surface area contributed by atoms with Crippen LogP contribution in [-0.2, 0) is 6.00 Å². The highest BCUT2D eigenvalue weighted by atomic mass is 35.5. The Kier molecular flexibility index (Phi) is 1.91. The zero-order chi connectivity index (χ0) is 7.56. The molecular weight excluding hydrogens is 156 g/mol. The Balaban J connectivity index is 2.88. The van der Waals surface area contributed by atoms with E-state index >= 15 is 0 Å². The minimum Gasteiger partial charge on any atom is -0.476 e. The second kappa shape index (κ2) is 2.70. The molecule has 0 radical (unpaired) electrons. The van der Waals surface area contributed by atoms with Gasteiger partial charge in [-0.25, -0.2) is 4.79 Å². The third kappa shape index (κ3) is 1.27. The van der Waals surface area contributed by atoms with Crippen LogP contribution >= 0.6 is 11.6 Å². The summed E-state index contributed by atoms with van der Waals surface area (Å²) in [5.41, 5.74) is 0.0145. The lowest BCUT2D eigenvalue weighted by molar-refractivity contribution is 0.0689. The molecule has 0 bridgehead atoms. The molecule has 0 amide bonds. The SMILES string of the molecule is O=C(O)c1ccn(CCl)n1. The average Bonchev–Trinajstić information content (AvgIpc) is 2.34. The number of nitrogens with zero attached hydrogens (tertiary/aromatic N) is 2. The van der Waals surface area contributed by atoms with E-state index in [1.165, 1.54) is 16.9 Å². The molecule has 0 saturated heterocycles. The van der Waals surface area contributed by atoms with Gasteiger partial charge in [-0.3, -0.25) is 4.68 Å². The molecule has 1 heterocycles. The van der Waals surface area contributed by atoms with E-state index in [-0.39, 0.29) is 11.7 Å². The Labute approximate surface area is 62.0 Å². The molecule has 0 saturated carbocycles. The van der Waals surface area contributed by atoms with Crippen LogP contribution in [0.1, 0.15) is 10.5 Å². The average molecular weight is 161 g/mol. The molecule has 0 aliphatic heterocycles. The lowest BCUT2D eigenvalue weighted by Crippen LogP contribution is -1.99. The van der Waals surface area contributed by atoms with Crippen molar-refractivity contribution in [2.24, 2.45) is 0 Å². The molecule has 0 unspecified atom stereocenters. The number of halogens is 1. The monoisotopic (exact) mass is 160 g/mol. The van der Waals surface area contributed by atoms with Crippen molar-refractivity contribution in [3.05, 3.63) is 18.0 Å². The Bertz CT molecular complexity index is 246. The predicted octanol–water partition coefficient (Wildman–Crippen LogP) is 0.778. The summed E-state index contributed by atoms with van der Waals surface area (Å²) < 4.78 is 1.34. The quantitative estimate of drug-likeness (QED) is 0.651. The van der Waals surface area contributed by atoms with Gasteiger partial charge in [0.25, 0.3) is 0 Å². The molecule has 0 atom stereocenters. The number of aromatic nitrogens is 2. The summed E-state index contributed by atoms with van der Waals surface area (Å²) in [6.45, 7) is 0. The lowest BCUT2D eigenvalue weighted by atomic mass is 10.5. The molecule has 0 aromatic carbocycles. The van der Waals surface area contributed by atoms with E-state index in [0.717, 1.165) is 0 Å². The molecule has 0 fully saturated rings. The lowest BCUT2D eigenvalue weighted by Gasteiger charge is -1.88. The predicted molar refractivity (Wildman–Crippen MR) is 35.0 cm³/mol. The summed E-state index contributed by atoms with van der Waals surface area (Å²) in [5, 5.41) is 12.0. The molecule has 1 rings (SSSR count). The summed E-state index contributed by atoms with van der Waals surface area (Å²) in [6.07, 6.45) is 1.51. The molecule has 54 valence electrons. The number of carboxylic acids is 1. The minimum atomic E-state index is -1.04. The number of hydrogen-bond donors (Lipinski definition) is 1. The first kappa shape index (κ1) is 7.08. The fraction of sp³-hybridized carbons (Fsp3) is 0.200. The van der Waals surface area contributed by atoms with Gasteiger partial charge in [-0.15, -0.1) is 11.6 Å². The maximum atomic E-state index is 10.2. The molecule has 4 nitrogen and oxygen atoms in total. The normalized spacial score (nSPS) is 9.70. The van der Waals surface area contributed by atoms with Gasteiger partial charge in [0.2, 0.25) is 0 Å². The van der Waals surface area contributed by atoms with E-state index in [2.05, 4.69) is 5.10 Å². The largest absolute Gasteiger partial charge is 0.476 e. The molecule has 1 N–H and O–H groups in total. The maximum Gasteiger partial charge on any atom is 0.356 e. The van der Waals surface area contributed by atoms with E-state index in [1.54, 1.807) is 0 Å². The molecule has 5 heteroatoms. The summed E-state index contributed by atoms with van der Waals surface area (Å²) in [5.74, 6) is -1.04. The number of carboxylic acid groups (broad SMARTS) is 1. The van der Waals surface area contributed by atoms with Gasteiger partial charge in [0.1, 0.15) is 6.00 Å². The molecule has 0 spiro atoms. The van der Waals surface area contributed by atoms with Crippen molar-refractivity contribution in [1.82, 2.24) is 9.78 Å². The van der Waals surface area contributed by atoms with Gasteiger partial charge in [0.15, 0.2) is 5.69 Å².